The van der Waals surface area contributed by atoms with E-state index in [1.807, 2.05) is 43.5 Å². The van der Waals surface area contributed by atoms with Crippen molar-refractivity contribution in [2.75, 3.05) is 12.4 Å². The predicted molar refractivity (Wildman–Crippen MR) is 73.0 cm³/mol. The summed E-state index contributed by atoms with van der Waals surface area (Å²) in [6.45, 7) is 0. The minimum atomic E-state index is 0.290. The standard InChI is InChI=1S/C15H15NO/c1-16-15-5-3-2-4-13(15)9-6-12-7-10-14(17)11-8-12/h2-11,16-17H,1H3. The molecule has 0 heterocycles. The van der Waals surface area contributed by atoms with E-state index in [2.05, 4.69) is 17.5 Å². The zero-order valence-corrected chi connectivity index (χ0v) is 9.72. The summed E-state index contributed by atoms with van der Waals surface area (Å²) in [5.41, 5.74) is 3.30. The average molecular weight is 225 g/mol. The van der Waals surface area contributed by atoms with Crippen molar-refractivity contribution in [3.05, 3.63) is 59.7 Å². The highest BCUT2D eigenvalue weighted by molar-refractivity contribution is 5.76. The molecule has 2 aromatic rings. The summed E-state index contributed by atoms with van der Waals surface area (Å²) in [6, 6.07) is 15.2. The molecule has 0 radical (unpaired) electrons. The van der Waals surface area contributed by atoms with Gasteiger partial charge in [0.15, 0.2) is 0 Å². The molecule has 2 aromatic carbocycles. The Morgan fingerprint density at radius 1 is 0.941 bits per heavy atom. The van der Waals surface area contributed by atoms with Crippen molar-refractivity contribution >= 4 is 17.8 Å². The van der Waals surface area contributed by atoms with Crippen molar-refractivity contribution < 1.29 is 5.11 Å². The van der Waals surface area contributed by atoms with E-state index >= 15 is 0 Å². The third-order valence-corrected chi connectivity index (χ3v) is 2.58. The van der Waals surface area contributed by atoms with Crippen LogP contribution in [0.4, 0.5) is 5.69 Å². The van der Waals surface area contributed by atoms with Gasteiger partial charge in [-0.1, -0.05) is 42.5 Å². The molecule has 0 saturated carbocycles. The molecule has 0 aliphatic heterocycles. The third-order valence-electron chi connectivity index (χ3n) is 2.58. The maximum Gasteiger partial charge on any atom is 0.115 e. The third kappa shape index (κ3) is 2.88. The summed E-state index contributed by atoms with van der Waals surface area (Å²) in [6.07, 6.45) is 4.08. The molecular weight excluding hydrogens is 210 g/mol. The van der Waals surface area contributed by atoms with Crippen molar-refractivity contribution in [3.8, 4) is 5.75 Å². The van der Waals surface area contributed by atoms with Crippen molar-refractivity contribution in [1.82, 2.24) is 0 Å². The maximum atomic E-state index is 9.19. The summed E-state index contributed by atoms with van der Waals surface area (Å²) in [5, 5.41) is 12.3. The van der Waals surface area contributed by atoms with E-state index in [1.165, 1.54) is 0 Å². The Balaban J connectivity index is 2.22. The van der Waals surface area contributed by atoms with Crippen LogP contribution in [0.5, 0.6) is 5.75 Å². The topological polar surface area (TPSA) is 32.3 Å². The van der Waals surface area contributed by atoms with Crippen molar-refractivity contribution in [2.24, 2.45) is 0 Å². The van der Waals surface area contributed by atoms with Gasteiger partial charge in [0, 0.05) is 12.7 Å². The first-order valence-corrected chi connectivity index (χ1v) is 5.53. The molecule has 2 heteroatoms. The fourth-order valence-electron chi connectivity index (χ4n) is 1.64. The van der Waals surface area contributed by atoms with Gasteiger partial charge in [-0.25, -0.2) is 0 Å². The van der Waals surface area contributed by atoms with E-state index in [0.717, 1.165) is 16.8 Å². The van der Waals surface area contributed by atoms with Crippen LogP contribution in [0.1, 0.15) is 11.1 Å². The molecule has 0 spiro atoms. The quantitative estimate of drug-likeness (QED) is 0.782. The molecule has 0 saturated heterocycles. The molecule has 0 bridgehead atoms. The van der Waals surface area contributed by atoms with E-state index in [4.69, 9.17) is 0 Å². The summed E-state index contributed by atoms with van der Waals surface area (Å²) in [5.74, 6) is 0.290. The first-order valence-electron chi connectivity index (χ1n) is 5.53. The Morgan fingerprint density at radius 3 is 2.35 bits per heavy atom. The molecule has 0 aliphatic rings. The van der Waals surface area contributed by atoms with Gasteiger partial charge in [0.2, 0.25) is 0 Å². The number of para-hydroxylation sites is 1. The normalized spacial score (nSPS) is 10.6. The number of nitrogens with one attached hydrogen (secondary N) is 1. The second kappa shape index (κ2) is 5.21. The van der Waals surface area contributed by atoms with Gasteiger partial charge in [-0.15, -0.1) is 0 Å². The van der Waals surface area contributed by atoms with Gasteiger partial charge < -0.3 is 10.4 Å². The van der Waals surface area contributed by atoms with Crippen LogP contribution in [0, 0.1) is 0 Å². The number of phenols is 1. The van der Waals surface area contributed by atoms with Crippen LogP contribution in [-0.2, 0) is 0 Å². The number of phenolic OH excluding ortho intramolecular Hbond substituents is 1. The Kier molecular flexibility index (Phi) is 3.46. The Labute approximate surface area is 101 Å². The predicted octanol–water partition coefficient (Wildman–Crippen LogP) is 3.60. The van der Waals surface area contributed by atoms with Gasteiger partial charge in [-0.05, 0) is 29.3 Å². The Bertz CT molecular complexity index is 515. The van der Waals surface area contributed by atoms with Gasteiger partial charge in [0.25, 0.3) is 0 Å². The fraction of sp³-hybridized carbons (Fsp3) is 0.0667. The van der Waals surface area contributed by atoms with E-state index in [-0.39, 0.29) is 5.75 Å². The largest absolute Gasteiger partial charge is 0.508 e. The smallest absolute Gasteiger partial charge is 0.115 e. The molecule has 0 atom stereocenters. The summed E-state index contributed by atoms with van der Waals surface area (Å²) in [4.78, 5) is 0. The van der Waals surface area contributed by atoms with Crippen LogP contribution in [0.25, 0.3) is 12.2 Å². The highest BCUT2D eigenvalue weighted by Crippen LogP contribution is 2.18. The number of hydrogen-bond donors (Lipinski definition) is 2. The fourth-order valence-corrected chi connectivity index (χ4v) is 1.64. The number of hydrogen-bond acceptors (Lipinski definition) is 2. The van der Waals surface area contributed by atoms with Crippen molar-refractivity contribution in [2.45, 2.75) is 0 Å². The highest BCUT2D eigenvalue weighted by atomic mass is 16.3. The monoisotopic (exact) mass is 225 g/mol. The number of benzene rings is 2. The second-order valence-electron chi connectivity index (χ2n) is 3.76. The van der Waals surface area contributed by atoms with E-state index < -0.39 is 0 Å². The number of rotatable bonds is 3. The van der Waals surface area contributed by atoms with Crippen LogP contribution in [0.2, 0.25) is 0 Å². The van der Waals surface area contributed by atoms with Crippen LogP contribution < -0.4 is 5.32 Å². The lowest BCUT2D eigenvalue weighted by atomic mass is 10.1. The van der Waals surface area contributed by atoms with Crippen LogP contribution in [-0.4, -0.2) is 12.2 Å². The average Bonchev–Trinajstić information content (AvgIpc) is 2.38. The van der Waals surface area contributed by atoms with Gasteiger partial charge in [0.05, 0.1) is 0 Å². The Hall–Kier alpha value is -2.22. The number of aromatic hydroxyl groups is 1. The minimum absolute atomic E-state index is 0.290. The van der Waals surface area contributed by atoms with E-state index in [0.29, 0.717) is 0 Å². The van der Waals surface area contributed by atoms with Crippen LogP contribution in [0.3, 0.4) is 0 Å². The molecule has 86 valence electrons. The lowest BCUT2D eigenvalue weighted by molar-refractivity contribution is 0.475. The first kappa shape index (κ1) is 11.3. The molecule has 0 fully saturated rings. The number of anilines is 1. The molecule has 2 nitrogen and oxygen atoms in total. The van der Waals surface area contributed by atoms with Gasteiger partial charge >= 0.3 is 0 Å². The molecule has 2 N–H and O–H groups in total. The van der Waals surface area contributed by atoms with Crippen LogP contribution >= 0.6 is 0 Å². The zero-order valence-electron chi connectivity index (χ0n) is 9.72. The molecule has 0 amide bonds. The maximum absolute atomic E-state index is 9.19. The lowest BCUT2D eigenvalue weighted by Gasteiger charge is -2.04. The molecule has 17 heavy (non-hydrogen) atoms. The SMILES string of the molecule is CNc1ccccc1C=Cc1ccc(O)cc1. The zero-order chi connectivity index (χ0) is 12.1. The summed E-state index contributed by atoms with van der Waals surface area (Å²) >= 11 is 0. The highest BCUT2D eigenvalue weighted by Gasteiger charge is 1.94. The van der Waals surface area contributed by atoms with Crippen molar-refractivity contribution in [1.29, 1.82) is 0 Å². The van der Waals surface area contributed by atoms with E-state index in [9.17, 15) is 5.11 Å². The van der Waals surface area contributed by atoms with Crippen molar-refractivity contribution in [3.63, 3.8) is 0 Å². The van der Waals surface area contributed by atoms with Crippen LogP contribution in [0.15, 0.2) is 48.5 Å². The summed E-state index contributed by atoms with van der Waals surface area (Å²) in [7, 11) is 1.91. The molecule has 0 aliphatic carbocycles. The van der Waals surface area contributed by atoms with E-state index in [1.54, 1.807) is 12.1 Å². The Morgan fingerprint density at radius 2 is 1.65 bits per heavy atom. The lowest BCUT2D eigenvalue weighted by Crippen LogP contribution is -1.89. The van der Waals surface area contributed by atoms with Gasteiger partial charge in [0.1, 0.15) is 5.75 Å². The first-order chi connectivity index (χ1) is 8.29. The summed E-state index contributed by atoms with van der Waals surface area (Å²) < 4.78 is 0. The minimum Gasteiger partial charge on any atom is -0.508 e. The van der Waals surface area contributed by atoms with Gasteiger partial charge in [-0.3, -0.25) is 0 Å². The van der Waals surface area contributed by atoms with Gasteiger partial charge in [-0.2, -0.15) is 0 Å². The molecule has 0 unspecified atom stereocenters. The molecular formula is C15H15NO. The second-order valence-corrected chi connectivity index (χ2v) is 3.76. The molecule has 0 aromatic heterocycles. The molecule has 2 rings (SSSR count).